The van der Waals surface area contributed by atoms with Gasteiger partial charge in [-0.15, -0.1) is 0 Å². The van der Waals surface area contributed by atoms with E-state index in [1.54, 1.807) is 7.11 Å². The fourth-order valence-electron chi connectivity index (χ4n) is 4.32. The van der Waals surface area contributed by atoms with Crippen molar-refractivity contribution >= 4 is 11.5 Å². The van der Waals surface area contributed by atoms with Crippen LogP contribution in [0.2, 0.25) is 0 Å². The molecule has 1 aromatic carbocycles. The molecule has 2 atom stereocenters. The van der Waals surface area contributed by atoms with Crippen molar-refractivity contribution in [2.45, 2.75) is 34.1 Å². The molecule has 2 unspecified atom stereocenters. The van der Waals surface area contributed by atoms with Crippen LogP contribution in [0.3, 0.4) is 0 Å². The summed E-state index contributed by atoms with van der Waals surface area (Å²) in [5.74, 6) is 3.38. The van der Waals surface area contributed by atoms with Crippen LogP contribution in [0, 0.1) is 25.7 Å². The Kier molecular flexibility index (Phi) is 4.54. The lowest BCUT2D eigenvalue weighted by atomic mass is 9.92. The molecule has 4 rings (SSSR count). The van der Waals surface area contributed by atoms with Crippen molar-refractivity contribution in [2.24, 2.45) is 11.8 Å². The zero-order valence-electron chi connectivity index (χ0n) is 16.9. The number of aryl methyl sites for hydroxylation is 2. The molecule has 1 fully saturated rings. The number of fused-ring (bicyclic) bond motifs is 1. The predicted molar refractivity (Wildman–Crippen MR) is 110 cm³/mol. The van der Waals surface area contributed by atoms with E-state index in [0.29, 0.717) is 11.8 Å². The molecule has 3 heterocycles. The Balaban J connectivity index is 1.83. The van der Waals surface area contributed by atoms with Gasteiger partial charge in [0, 0.05) is 36.0 Å². The number of benzene rings is 1. The maximum absolute atomic E-state index is 5.28. The number of nitrogens with zero attached hydrogens (tertiary/aromatic N) is 4. The zero-order valence-corrected chi connectivity index (χ0v) is 16.9. The summed E-state index contributed by atoms with van der Waals surface area (Å²) in [7, 11) is 1.69. The largest absolute Gasteiger partial charge is 0.497 e. The molecule has 0 bridgehead atoms. The first-order chi connectivity index (χ1) is 13.0. The van der Waals surface area contributed by atoms with E-state index >= 15 is 0 Å². The maximum Gasteiger partial charge on any atom is 0.161 e. The van der Waals surface area contributed by atoms with Crippen LogP contribution in [-0.4, -0.2) is 34.8 Å². The SMILES string of the molecule is COc1ccc(-c2nn3c(N4CC(C)CC(C)C4)cc(C)nc3c2C)cc1. The highest BCUT2D eigenvalue weighted by molar-refractivity contribution is 5.72. The molecule has 0 spiro atoms. The summed E-state index contributed by atoms with van der Waals surface area (Å²) in [5.41, 5.74) is 5.16. The van der Waals surface area contributed by atoms with Crippen LogP contribution >= 0.6 is 0 Å². The highest BCUT2D eigenvalue weighted by atomic mass is 16.5. The fourth-order valence-corrected chi connectivity index (χ4v) is 4.32. The summed E-state index contributed by atoms with van der Waals surface area (Å²) in [6.45, 7) is 11.0. The molecule has 0 saturated carbocycles. The Morgan fingerprint density at radius 1 is 1.04 bits per heavy atom. The summed E-state index contributed by atoms with van der Waals surface area (Å²) >= 11 is 0. The van der Waals surface area contributed by atoms with Gasteiger partial charge in [-0.05, 0) is 56.4 Å². The number of ether oxygens (including phenoxy) is 1. The highest BCUT2D eigenvalue weighted by Gasteiger charge is 2.25. The van der Waals surface area contributed by atoms with Gasteiger partial charge in [-0.1, -0.05) is 13.8 Å². The van der Waals surface area contributed by atoms with E-state index in [1.807, 2.05) is 16.6 Å². The standard InChI is InChI=1S/C22H28N4O/c1-14-10-15(2)13-25(12-14)20-11-16(3)23-22-17(4)21(24-26(20)22)18-6-8-19(27-5)9-7-18/h6-9,11,14-15H,10,12-13H2,1-5H3. The van der Waals surface area contributed by atoms with Crippen LogP contribution in [-0.2, 0) is 0 Å². The highest BCUT2D eigenvalue weighted by Crippen LogP contribution is 2.31. The minimum Gasteiger partial charge on any atom is -0.497 e. The third-order valence-electron chi connectivity index (χ3n) is 5.48. The maximum atomic E-state index is 5.28. The molecule has 3 aromatic rings. The van der Waals surface area contributed by atoms with E-state index in [9.17, 15) is 0 Å². The van der Waals surface area contributed by atoms with E-state index in [-0.39, 0.29) is 0 Å². The molecular weight excluding hydrogens is 336 g/mol. The lowest BCUT2D eigenvalue weighted by Gasteiger charge is -2.36. The zero-order chi connectivity index (χ0) is 19.1. The van der Waals surface area contributed by atoms with Crippen molar-refractivity contribution in [3.05, 3.63) is 41.6 Å². The second-order valence-corrected chi connectivity index (χ2v) is 8.04. The van der Waals surface area contributed by atoms with Crippen LogP contribution in [0.25, 0.3) is 16.9 Å². The number of hydrogen-bond acceptors (Lipinski definition) is 4. The Labute approximate surface area is 161 Å². The molecule has 27 heavy (non-hydrogen) atoms. The lowest BCUT2D eigenvalue weighted by Crippen LogP contribution is -2.39. The van der Waals surface area contributed by atoms with Gasteiger partial charge in [0.25, 0.3) is 0 Å². The van der Waals surface area contributed by atoms with Crippen LogP contribution in [0.15, 0.2) is 30.3 Å². The Hall–Kier alpha value is -2.56. The van der Waals surface area contributed by atoms with E-state index < -0.39 is 0 Å². The first kappa shape index (κ1) is 17.8. The normalized spacial score (nSPS) is 20.3. The van der Waals surface area contributed by atoms with Crippen molar-refractivity contribution in [2.75, 3.05) is 25.1 Å². The van der Waals surface area contributed by atoms with E-state index in [1.165, 1.54) is 6.42 Å². The Morgan fingerprint density at radius 2 is 1.70 bits per heavy atom. The van der Waals surface area contributed by atoms with Gasteiger partial charge in [0.15, 0.2) is 5.65 Å². The predicted octanol–water partition coefficient (Wildman–Crippen LogP) is 4.50. The number of aromatic nitrogens is 3. The second-order valence-electron chi connectivity index (χ2n) is 8.04. The first-order valence-electron chi connectivity index (χ1n) is 9.72. The van der Waals surface area contributed by atoms with Crippen molar-refractivity contribution in [3.63, 3.8) is 0 Å². The molecule has 1 aliphatic heterocycles. The number of anilines is 1. The quantitative estimate of drug-likeness (QED) is 0.686. The Bertz CT molecular complexity index is 951. The smallest absolute Gasteiger partial charge is 0.161 e. The fraction of sp³-hybridized carbons (Fsp3) is 0.455. The van der Waals surface area contributed by atoms with Gasteiger partial charge in [-0.3, -0.25) is 0 Å². The molecule has 1 saturated heterocycles. The number of methoxy groups -OCH3 is 1. The number of rotatable bonds is 3. The summed E-state index contributed by atoms with van der Waals surface area (Å²) in [4.78, 5) is 7.27. The van der Waals surface area contributed by atoms with Crippen LogP contribution in [0.1, 0.15) is 31.5 Å². The average Bonchev–Trinajstić information content (AvgIpc) is 2.97. The van der Waals surface area contributed by atoms with Gasteiger partial charge in [0.1, 0.15) is 11.6 Å². The lowest BCUT2D eigenvalue weighted by molar-refractivity contribution is 0.354. The molecule has 0 aliphatic carbocycles. The molecule has 5 nitrogen and oxygen atoms in total. The topological polar surface area (TPSA) is 42.7 Å². The van der Waals surface area contributed by atoms with E-state index in [0.717, 1.165) is 52.8 Å². The van der Waals surface area contributed by atoms with Gasteiger partial charge in [0.2, 0.25) is 0 Å². The van der Waals surface area contributed by atoms with Gasteiger partial charge < -0.3 is 9.64 Å². The monoisotopic (exact) mass is 364 g/mol. The van der Waals surface area contributed by atoms with Gasteiger partial charge in [-0.2, -0.15) is 9.61 Å². The minimum absolute atomic E-state index is 0.690. The summed E-state index contributed by atoms with van der Waals surface area (Å²) in [6, 6.07) is 10.2. The van der Waals surface area contributed by atoms with Gasteiger partial charge in [-0.25, -0.2) is 4.98 Å². The second kappa shape index (κ2) is 6.87. The summed E-state index contributed by atoms with van der Waals surface area (Å²) in [6.07, 6.45) is 1.29. The molecule has 5 heteroatoms. The molecule has 2 aromatic heterocycles. The molecule has 0 amide bonds. The minimum atomic E-state index is 0.690. The van der Waals surface area contributed by atoms with E-state index in [4.69, 9.17) is 14.8 Å². The van der Waals surface area contributed by atoms with Crippen LogP contribution in [0.5, 0.6) is 5.75 Å². The van der Waals surface area contributed by atoms with E-state index in [2.05, 4.69) is 50.8 Å². The van der Waals surface area contributed by atoms with Crippen molar-refractivity contribution in [1.82, 2.24) is 14.6 Å². The summed E-state index contributed by atoms with van der Waals surface area (Å²) in [5, 5.41) is 4.98. The summed E-state index contributed by atoms with van der Waals surface area (Å²) < 4.78 is 7.32. The molecule has 0 N–H and O–H groups in total. The molecule has 1 aliphatic rings. The first-order valence-corrected chi connectivity index (χ1v) is 9.72. The number of piperidine rings is 1. The Morgan fingerprint density at radius 3 is 2.33 bits per heavy atom. The van der Waals surface area contributed by atoms with Crippen LogP contribution < -0.4 is 9.64 Å². The third kappa shape index (κ3) is 3.27. The van der Waals surface area contributed by atoms with Crippen LogP contribution in [0.4, 0.5) is 5.82 Å². The van der Waals surface area contributed by atoms with Crippen molar-refractivity contribution in [1.29, 1.82) is 0 Å². The molecule has 142 valence electrons. The van der Waals surface area contributed by atoms with Gasteiger partial charge in [0.05, 0.1) is 12.8 Å². The van der Waals surface area contributed by atoms with Crippen molar-refractivity contribution in [3.8, 4) is 17.0 Å². The molecule has 0 radical (unpaired) electrons. The average molecular weight is 364 g/mol. The number of hydrogen-bond donors (Lipinski definition) is 0. The molecular formula is C22H28N4O. The van der Waals surface area contributed by atoms with Gasteiger partial charge >= 0.3 is 0 Å². The third-order valence-corrected chi connectivity index (χ3v) is 5.48. The van der Waals surface area contributed by atoms with Crippen molar-refractivity contribution < 1.29 is 4.74 Å².